The number of sulfone groups is 1. The summed E-state index contributed by atoms with van der Waals surface area (Å²) in [6.45, 7) is 5.36. The summed E-state index contributed by atoms with van der Waals surface area (Å²) in [5, 5.41) is 2.77. The fraction of sp³-hybridized carbons (Fsp3) is 0.364. The molecule has 2 amide bonds. The number of carbonyl (C=O) groups is 2. The molecule has 2 aromatic carbocycles. The Bertz CT molecular complexity index is 950. The number of anilines is 1. The molecule has 30 heavy (non-hydrogen) atoms. The summed E-state index contributed by atoms with van der Waals surface area (Å²) < 4.78 is 29.1. The number of hydrogen-bond donors (Lipinski definition) is 1. The number of likely N-dealkylation sites (N-methyl/N-ethyl adjacent to an activating group) is 1. The number of hydrogen-bond acceptors (Lipinski definition) is 5. The summed E-state index contributed by atoms with van der Waals surface area (Å²) in [6, 6.07) is 12.9. The van der Waals surface area contributed by atoms with Gasteiger partial charge in [-0.15, -0.1) is 0 Å². The van der Waals surface area contributed by atoms with Crippen LogP contribution in [0.2, 0.25) is 0 Å². The van der Waals surface area contributed by atoms with Crippen LogP contribution in [-0.2, 0) is 25.8 Å². The largest absolute Gasteiger partial charge is 0.384 e. The standard InChI is InChI=1S/C22H28N2O5S/c1-4-24(5-2)21(25)16-17-6-10-19(11-7-17)23-22(26)18-8-12-20(13-9-18)30(27,28)15-14-29-3/h6-13H,4-5,14-16H2,1-3H3,(H,23,26). The molecular formula is C22H28N2O5S. The molecule has 2 aromatic rings. The highest BCUT2D eigenvalue weighted by Gasteiger charge is 2.15. The van der Waals surface area contributed by atoms with E-state index in [1.165, 1.54) is 31.4 Å². The Labute approximate surface area is 178 Å². The van der Waals surface area contributed by atoms with Gasteiger partial charge in [-0.1, -0.05) is 12.1 Å². The summed E-state index contributed by atoms with van der Waals surface area (Å²) in [6.07, 6.45) is 0.314. The highest BCUT2D eigenvalue weighted by atomic mass is 32.2. The lowest BCUT2D eigenvalue weighted by molar-refractivity contribution is -0.130. The van der Waals surface area contributed by atoms with Gasteiger partial charge in [-0.25, -0.2) is 8.42 Å². The monoisotopic (exact) mass is 432 g/mol. The molecule has 2 rings (SSSR count). The van der Waals surface area contributed by atoms with Crippen molar-refractivity contribution in [2.24, 2.45) is 0 Å². The molecule has 0 radical (unpaired) electrons. The maximum absolute atomic E-state index is 12.4. The van der Waals surface area contributed by atoms with Crippen molar-refractivity contribution in [1.82, 2.24) is 4.90 Å². The van der Waals surface area contributed by atoms with Crippen LogP contribution < -0.4 is 5.32 Å². The second-order valence-electron chi connectivity index (χ2n) is 6.73. The van der Waals surface area contributed by atoms with Crippen molar-refractivity contribution < 1.29 is 22.7 Å². The Morgan fingerprint density at radius 1 is 0.967 bits per heavy atom. The number of methoxy groups -OCH3 is 1. The molecule has 0 fully saturated rings. The molecular weight excluding hydrogens is 404 g/mol. The number of amides is 2. The summed E-state index contributed by atoms with van der Waals surface area (Å²) in [4.78, 5) is 26.5. The lowest BCUT2D eigenvalue weighted by Crippen LogP contribution is -2.31. The van der Waals surface area contributed by atoms with E-state index in [4.69, 9.17) is 4.74 Å². The van der Waals surface area contributed by atoms with Gasteiger partial charge in [0.15, 0.2) is 9.84 Å². The minimum Gasteiger partial charge on any atom is -0.384 e. The fourth-order valence-corrected chi connectivity index (χ4v) is 4.07. The minimum absolute atomic E-state index is 0.0670. The highest BCUT2D eigenvalue weighted by Crippen LogP contribution is 2.16. The highest BCUT2D eigenvalue weighted by molar-refractivity contribution is 7.91. The van der Waals surface area contributed by atoms with Gasteiger partial charge in [-0.3, -0.25) is 9.59 Å². The smallest absolute Gasteiger partial charge is 0.255 e. The third-order valence-electron chi connectivity index (χ3n) is 4.72. The molecule has 0 aliphatic carbocycles. The fourth-order valence-electron chi connectivity index (χ4n) is 2.90. The van der Waals surface area contributed by atoms with Gasteiger partial charge in [0.2, 0.25) is 5.91 Å². The summed E-state index contributed by atoms with van der Waals surface area (Å²) in [7, 11) is -1.99. The van der Waals surface area contributed by atoms with E-state index in [2.05, 4.69) is 5.32 Å². The third kappa shape index (κ3) is 6.40. The van der Waals surface area contributed by atoms with Crippen LogP contribution >= 0.6 is 0 Å². The number of benzene rings is 2. The SMILES string of the molecule is CCN(CC)C(=O)Cc1ccc(NC(=O)c2ccc(S(=O)(=O)CCOC)cc2)cc1. The number of nitrogens with zero attached hydrogens (tertiary/aromatic N) is 1. The zero-order chi connectivity index (χ0) is 22.1. The summed E-state index contributed by atoms with van der Waals surface area (Å²) >= 11 is 0. The van der Waals surface area contributed by atoms with Gasteiger partial charge in [0.25, 0.3) is 5.91 Å². The van der Waals surface area contributed by atoms with E-state index in [9.17, 15) is 18.0 Å². The number of nitrogens with one attached hydrogen (secondary N) is 1. The van der Waals surface area contributed by atoms with Crippen molar-refractivity contribution in [3.63, 3.8) is 0 Å². The molecule has 1 N–H and O–H groups in total. The Kier molecular flexibility index (Phi) is 8.56. The summed E-state index contributed by atoms with van der Waals surface area (Å²) in [5.41, 5.74) is 1.81. The van der Waals surface area contributed by atoms with Crippen LogP contribution in [0.1, 0.15) is 29.8 Å². The van der Waals surface area contributed by atoms with Crippen molar-refractivity contribution in [1.29, 1.82) is 0 Å². The normalized spacial score (nSPS) is 11.2. The molecule has 0 atom stereocenters. The zero-order valence-corrected chi connectivity index (χ0v) is 18.4. The van der Waals surface area contributed by atoms with Crippen LogP contribution in [0.4, 0.5) is 5.69 Å². The molecule has 0 heterocycles. The molecule has 0 bridgehead atoms. The van der Waals surface area contributed by atoms with Crippen molar-refractivity contribution in [3.8, 4) is 0 Å². The van der Waals surface area contributed by atoms with Gasteiger partial charge in [0, 0.05) is 31.5 Å². The molecule has 7 nitrogen and oxygen atoms in total. The molecule has 0 aliphatic heterocycles. The quantitative estimate of drug-likeness (QED) is 0.623. The molecule has 0 aromatic heterocycles. The van der Waals surface area contributed by atoms with E-state index < -0.39 is 9.84 Å². The first-order valence-electron chi connectivity index (χ1n) is 9.80. The Morgan fingerprint density at radius 3 is 2.10 bits per heavy atom. The van der Waals surface area contributed by atoms with Crippen molar-refractivity contribution in [2.45, 2.75) is 25.2 Å². The number of ether oxygens (including phenoxy) is 1. The first-order valence-corrected chi connectivity index (χ1v) is 11.5. The van der Waals surface area contributed by atoms with Gasteiger partial charge in [-0.2, -0.15) is 0 Å². The van der Waals surface area contributed by atoms with E-state index in [1.54, 1.807) is 17.0 Å². The van der Waals surface area contributed by atoms with Gasteiger partial charge < -0.3 is 15.0 Å². The zero-order valence-electron chi connectivity index (χ0n) is 17.6. The van der Waals surface area contributed by atoms with Gasteiger partial charge >= 0.3 is 0 Å². The van der Waals surface area contributed by atoms with Crippen LogP contribution in [0.5, 0.6) is 0 Å². The molecule has 0 aliphatic rings. The average molecular weight is 433 g/mol. The topological polar surface area (TPSA) is 92.8 Å². The Morgan fingerprint density at radius 2 is 1.57 bits per heavy atom. The van der Waals surface area contributed by atoms with Gasteiger partial charge in [0.05, 0.1) is 23.7 Å². The minimum atomic E-state index is -3.44. The van der Waals surface area contributed by atoms with E-state index in [0.717, 1.165) is 5.56 Å². The lowest BCUT2D eigenvalue weighted by atomic mass is 10.1. The maximum atomic E-state index is 12.4. The van der Waals surface area contributed by atoms with Crippen molar-refractivity contribution >= 4 is 27.3 Å². The van der Waals surface area contributed by atoms with Crippen LogP contribution in [0, 0.1) is 0 Å². The predicted molar refractivity (Wildman–Crippen MR) is 116 cm³/mol. The van der Waals surface area contributed by atoms with Crippen LogP contribution in [0.3, 0.4) is 0 Å². The molecule has 0 saturated carbocycles. The molecule has 0 unspecified atom stereocenters. The molecule has 0 spiro atoms. The van der Waals surface area contributed by atoms with Crippen LogP contribution in [-0.4, -0.2) is 57.7 Å². The average Bonchev–Trinajstić information content (AvgIpc) is 2.74. The second-order valence-corrected chi connectivity index (χ2v) is 8.84. The lowest BCUT2D eigenvalue weighted by Gasteiger charge is -2.18. The van der Waals surface area contributed by atoms with Gasteiger partial charge in [0.1, 0.15) is 0 Å². The molecule has 162 valence electrons. The summed E-state index contributed by atoms with van der Waals surface area (Å²) in [5.74, 6) is -0.391. The molecule has 0 saturated heterocycles. The maximum Gasteiger partial charge on any atom is 0.255 e. The first-order chi connectivity index (χ1) is 14.3. The predicted octanol–water partition coefficient (Wildman–Crippen LogP) is 2.77. The number of rotatable bonds is 10. The van der Waals surface area contributed by atoms with Gasteiger partial charge in [-0.05, 0) is 55.8 Å². The van der Waals surface area contributed by atoms with Crippen LogP contribution in [0.25, 0.3) is 0 Å². The third-order valence-corrected chi connectivity index (χ3v) is 6.41. The second kappa shape index (κ2) is 10.9. The van der Waals surface area contributed by atoms with E-state index in [0.29, 0.717) is 30.8 Å². The number of carbonyl (C=O) groups excluding carboxylic acids is 2. The van der Waals surface area contributed by atoms with E-state index >= 15 is 0 Å². The first kappa shape index (κ1) is 23.6. The van der Waals surface area contributed by atoms with Crippen LogP contribution in [0.15, 0.2) is 53.4 Å². The van der Waals surface area contributed by atoms with E-state index in [-0.39, 0.29) is 29.1 Å². The Hall–Kier alpha value is -2.71. The van der Waals surface area contributed by atoms with Crippen molar-refractivity contribution in [3.05, 3.63) is 59.7 Å². The van der Waals surface area contributed by atoms with Crippen molar-refractivity contribution in [2.75, 3.05) is 37.9 Å². The molecule has 8 heteroatoms. The van der Waals surface area contributed by atoms with E-state index in [1.807, 2.05) is 26.0 Å². The Balaban J connectivity index is 2.00.